The Morgan fingerprint density at radius 3 is 2.70 bits per heavy atom. The Morgan fingerprint density at radius 2 is 2.10 bits per heavy atom. The second-order valence-electron chi connectivity index (χ2n) is 5.19. The fraction of sp³-hybridized carbons (Fsp3) is 0.538. The maximum absolute atomic E-state index is 14.4. The van der Waals surface area contributed by atoms with Crippen LogP contribution in [-0.4, -0.2) is 20.9 Å². The van der Waals surface area contributed by atoms with Gasteiger partial charge in [-0.15, -0.1) is 0 Å². The molecule has 0 saturated heterocycles. The van der Waals surface area contributed by atoms with Crippen LogP contribution in [0.2, 0.25) is 0 Å². The number of aromatic nitrogens is 3. The minimum Gasteiger partial charge on any atom is -0.257 e. The predicted molar refractivity (Wildman–Crippen MR) is 64.7 cm³/mol. The number of nitrogens with zero attached hydrogens (tertiary/aromatic N) is 3. The van der Waals surface area contributed by atoms with Crippen LogP contribution in [-0.2, 0) is 6.54 Å². The number of alkyl halides is 3. The third-order valence-corrected chi connectivity index (χ3v) is 3.77. The summed E-state index contributed by atoms with van der Waals surface area (Å²) >= 11 is 0. The zero-order chi connectivity index (χ0) is 14.5. The third kappa shape index (κ3) is 2.25. The van der Waals surface area contributed by atoms with Gasteiger partial charge < -0.3 is 0 Å². The molecule has 0 radical (unpaired) electrons. The lowest BCUT2D eigenvalue weighted by atomic mass is 10.1. The molecule has 7 heteroatoms. The van der Waals surface area contributed by atoms with Crippen LogP contribution in [0.15, 0.2) is 12.4 Å². The maximum atomic E-state index is 14.4. The van der Waals surface area contributed by atoms with E-state index >= 15 is 0 Å². The number of halogens is 4. The van der Waals surface area contributed by atoms with Crippen LogP contribution in [0.4, 0.5) is 17.6 Å². The molecule has 3 nitrogen and oxygen atoms in total. The van der Waals surface area contributed by atoms with Gasteiger partial charge in [0.2, 0.25) is 0 Å². The van der Waals surface area contributed by atoms with Crippen molar-refractivity contribution in [1.29, 1.82) is 0 Å². The summed E-state index contributed by atoms with van der Waals surface area (Å²) in [6.07, 6.45) is -0.0465. The molecule has 0 aromatic carbocycles. The topological polar surface area (TPSA) is 30.7 Å². The lowest BCUT2D eigenvalue weighted by Crippen LogP contribution is -2.19. The van der Waals surface area contributed by atoms with Crippen LogP contribution >= 0.6 is 0 Å². The van der Waals surface area contributed by atoms with Crippen LogP contribution in [0.25, 0.3) is 10.9 Å². The minimum absolute atomic E-state index is 0.0265. The molecule has 1 aliphatic carbocycles. The molecule has 0 bridgehead atoms. The highest BCUT2D eigenvalue weighted by atomic mass is 19.4. The largest absolute Gasteiger partial charge is 0.408 e. The van der Waals surface area contributed by atoms with Gasteiger partial charge in [0.1, 0.15) is 12.1 Å². The Morgan fingerprint density at radius 1 is 1.35 bits per heavy atom. The zero-order valence-corrected chi connectivity index (χ0v) is 10.8. The van der Waals surface area contributed by atoms with E-state index in [-0.39, 0.29) is 17.1 Å². The normalized spacial score (nSPS) is 22.4. The molecule has 0 amide bonds. The van der Waals surface area contributed by atoms with Crippen molar-refractivity contribution in [3.63, 3.8) is 0 Å². The van der Waals surface area contributed by atoms with E-state index in [1.165, 1.54) is 12.4 Å². The summed E-state index contributed by atoms with van der Waals surface area (Å²) in [6.45, 7) is 0.716. The first kappa shape index (κ1) is 13.3. The fourth-order valence-corrected chi connectivity index (χ4v) is 2.63. The Hall–Kier alpha value is -1.66. The first-order valence-corrected chi connectivity index (χ1v) is 6.47. The summed E-state index contributed by atoms with van der Waals surface area (Å²) in [5, 5.41) is 3.91. The van der Waals surface area contributed by atoms with Gasteiger partial charge in [-0.3, -0.25) is 9.67 Å². The monoisotopic (exact) mass is 287 g/mol. The molecule has 1 aliphatic rings. The van der Waals surface area contributed by atoms with Crippen LogP contribution < -0.4 is 0 Å². The number of rotatable bonds is 3. The first-order chi connectivity index (χ1) is 9.40. The molecule has 3 rings (SSSR count). The fourth-order valence-electron chi connectivity index (χ4n) is 2.63. The Balaban J connectivity index is 2.04. The quantitative estimate of drug-likeness (QED) is 0.807. The van der Waals surface area contributed by atoms with E-state index in [1.807, 2.05) is 6.92 Å². The summed E-state index contributed by atoms with van der Waals surface area (Å²) in [5.74, 6) is -0.253. The molecular weight excluding hydrogens is 274 g/mol. The average molecular weight is 287 g/mol. The van der Waals surface area contributed by atoms with E-state index in [0.717, 1.165) is 12.8 Å². The average Bonchev–Trinajstić information content (AvgIpc) is 3.03. The molecule has 0 N–H and O–H groups in total. The maximum Gasteiger partial charge on any atom is 0.408 e. The number of pyridine rings is 1. The minimum atomic E-state index is -4.43. The second kappa shape index (κ2) is 4.43. The van der Waals surface area contributed by atoms with E-state index in [0.29, 0.717) is 16.0 Å². The van der Waals surface area contributed by atoms with Crippen molar-refractivity contribution in [3.8, 4) is 0 Å². The van der Waals surface area contributed by atoms with Crippen LogP contribution in [0.1, 0.15) is 31.4 Å². The standard InChI is InChI=1S/C13H13F4N3/c1-2-7-3-9(7)11-10(14)12-8(4-18-11)5-19-20(12)6-13(15,16)17/h4-5,7,9H,2-3,6H2,1H3/t7-,9-/m0/s1. The number of hydrogen-bond donors (Lipinski definition) is 0. The summed E-state index contributed by atoms with van der Waals surface area (Å²) < 4.78 is 52.5. The van der Waals surface area contributed by atoms with Crippen molar-refractivity contribution in [2.75, 3.05) is 0 Å². The molecular formula is C13H13F4N3. The summed E-state index contributed by atoms with van der Waals surface area (Å²) in [7, 11) is 0. The predicted octanol–water partition coefficient (Wildman–Crippen LogP) is 3.65. The molecule has 0 spiro atoms. The van der Waals surface area contributed by atoms with Gasteiger partial charge in [0, 0.05) is 17.5 Å². The van der Waals surface area contributed by atoms with E-state index in [9.17, 15) is 17.6 Å². The lowest BCUT2D eigenvalue weighted by molar-refractivity contribution is -0.141. The van der Waals surface area contributed by atoms with Crippen molar-refractivity contribution in [2.24, 2.45) is 5.92 Å². The van der Waals surface area contributed by atoms with Gasteiger partial charge >= 0.3 is 6.18 Å². The molecule has 1 saturated carbocycles. The van der Waals surface area contributed by atoms with Crippen molar-refractivity contribution < 1.29 is 17.6 Å². The van der Waals surface area contributed by atoms with Gasteiger partial charge in [-0.1, -0.05) is 13.3 Å². The molecule has 2 heterocycles. The molecule has 2 atom stereocenters. The van der Waals surface area contributed by atoms with Gasteiger partial charge in [0.25, 0.3) is 0 Å². The number of hydrogen-bond acceptors (Lipinski definition) is 2. The van der Waals surface area contributed by atoms with E-state index in [1.54, 1.807) is 0 Å². The van der Waals surface area contributed by atoms with Gasteiger partial charge in [0.05, 0.1) is 11.9 Å². The Bertz CT molecular complexity index is 647. The Labute approximate surface area is 112 Å². The molecule has 1 fully saturated rings. The second-order valence-corrected chi connectivity index (χ2v) is 5.19. The number of fused-ring (bicyclic) bond motifs is 1. The summed E-state index contributed by atoms with van der Waals surface area (Å²) in [4.78, 5) is 4.07. The first-order valence-electron chi connectivity index (χ1n) is 6.47. The van der Waals surface area contributed by atoms with Crippen LogP contribution in [0, 0.1) is 11.7 Å². The van der Waals surface area contributed by atoms with Crippen molar-refractivity contribution in [2.45, 2.75) is 38.4 Å². The van der Waals surface area contributed by atoms with Crippen molar-refractivity contribution in [1.82, 2.24) is 14.8 Å². The van der Waals surface area contributed by atoms with Crippen LogP contribution in [0.3, 0.4) is 0 Å². The zero-order valence-electron chi connectivity index (χ0n) is 10.8. The van der Waals surface area contributed by atoms with E-state index in [2.05, 4.69) is 10.1 Å². The van der Waals surface area contributed by atoms with E-state index < -0.39 is 18.5 Å². The summed E-state index contributed by atoms with van der Waals surface area (Å²) in [6, 6.07) is 0. The van der Waals surface area contributed by atoms with Gasteiger partial charge in [-0.2, -0.15) is 18.3 Å². The van der Waals surface area contributed by atoms with Gasteiger partial charge in [-0.25, -0.2) is 4.39 Å². The highest BCUT2D eigenvalue weighted by Gasteiger charge is 2.40. The van der Waals surface area contributed by atoms with Crippen LogP contribution in [0.5, 0.6) is 0 Å². The molecule has 0 unspecified atom stereocenters. The van der Waals surface area contributed by atoms with E-state index in [4.69, 9.17) is 0 Å². The summed E-state index contributed by atoms with van der Waals surface area (Å²) in [5.41, 5.74) is 0.169. The highest BCUT2D eigenvalue weighted by molar-refractivity contribution is 5.79. The Kier molecular flexibility index (Phi) is 2.95. The lowest BCUT2D eigenvalue weighted by Gasteiger charge is -2.09. The molecule has 2 aromatic rings. The SMILES string of the molecule is CC[C@H]1C[C@@H]1c1ncc2cnn(CC(F)(F)F)c2c1F. The molecule has 108 valence electrons. The smallest absolute Gasteiger partial charge is 0.257 e. The highest BCUT2D eigenvalue weighted by Crippen LogP contribution is 2.49. The van der Waals surface area contributed by atoms with Crippen molar-refractivity contribution >= 4 is 10.9 Å². The molecule has 20 heavy (non-hydrogen) atoms. The van der Waals surface area contributed by atoms with Gasteiger partial charge in [-0.05, 0) is 12.3 Å². The van der Waals surface area contributed by atoms with Gasteiger partial charge in [0.15, 0.2) is 5.82 Å². The molecule has 2 aromatic heterocycles. The molecule has 0 aliphatic heterocycles. The third-order valence-electron chi connectivity index (χ3n) is 3.77. The van der Waals surface area contributed by atoms with Crippen molar-refractivity contribution in [3.05, 3.63) is 23.9 Å².